The zero-order valence-corrected chi connectivity index (χ0v) is 11.4. The first kappa shape index (κ1) is 12.8. The van der Waals surface area contributed by atoms with Crippen LogP contribution in [0.4, 0.5) is 0 Å². The van der Waals surface area contributed by atoms with Crippen molar-refractivity contribution in [3.8, 4) is 0 Å². The van der Waals surface area contributed by atoms with E-state index in [9.17, 15) is 9.90 Å². The number of fused-ring (bicyclic) bond motifs is 1. The third-order valence-electron chi connectivity index (χ3n) is 4.89. The van der Waals surface area contributed by atoms with Gasteiger partial charge in [0.2, 0.25) is 0 Å². The van der Waals surface area contributed by atoms with Crippen LogP contribution in [0.5, 0.6) is 0 Å². The summed E-state index contributed by atoms with van der Waals surface area (Å²) in [5.41, 5.74) is 0.234. The monoisotopic (exact) mass is 236 g/mol. The van der Waals surface area contributed by atoms with Crippen LogP contribution in [0.15, 0.2) is 11.6 Å². The van der Waals surface area contributed by atoms with E-state index in [2.05, 4.69) is 19.9 Å². The smallest absolute Gasteiger partial charge is 0.158 e. The Kier molecular flexibility index (Phi) is 3.19. The van der Waals surface area contributed by atoms with Crippen LogP contribution in [0.2, 0.25) is 0 Å². The van der Waals surface area contributed by atoms with Crippen molar-refractivity contribution in [1.29, 1.82) is 0 Å². The van der Waals surface area contributed by atoms with Crippen molar-refractivity contribution in [2.75, 3.05) is 0 Å². The predicted octanol–water partition coefficient (Wildman–Crippen LogP) is 2.95. The fourth-order valence-electron chi connectivity index (χ4n) is 3.67. The van der Waals surface area contributed by atoms with Gasteiger partial charge in [-0.1, -0.05) is 19.9 Å². The van der Waals surface area contributed by atoms with Crippen LogP contribution in [0, 0.1) is 23.7 Å². The Hall–Kier alpha value is -0.630. The average molecular weight is 236 g/mol. The summed E-state index contributed by atoms with van der Waals surface area (Å²) < 4.78 is 0. The molecule has 0 aromatic carbocycles. The maximum atomic E-state index is 11.8. The van der Waals surface area contributed by atoms with Crippen LogP contribution < -0.4 is 0 Å². The molecule has 1 fully saturated rings. The van der Waals surface area contributed by atoms with Crippen LogP contribution in [0.1, 0.15) is 47.0 Å². The van der Waals surface area contributed by atoms with Gasteiger partial charge in [-0.3, -0.25) is 4.79 Å². The molecule has 1 saturated carbocycles. The second kappa shape index (κ2) is 4.24. The highest BCUT2D eigenvalue weighted by atomic mass is 16.3. The molecule has 0 aliphatic heterocycles. The molecule has 0 amide bonds. The van der Waals surface area contributed by atoms with Crippen molar-refractivity contribution in [2.24, 2.45) is 23.7 Å². The second-order valence-electron chi connectivity index (χ2n) is 6.46. The maximum absolute atomic E-state index is 11.8. The van der Waals surface area contributed by atoms with E-state index >= 15 is 0 Å². The summed E-state index contributed by atoms with van der Waals surface area (Å²) in [6.07, 6.45) is 4.57. The molecule has 1 N–H and O–H groups in total. The fourth-order valence-corrected chi connectivity index (χ4v) is 3.67. The summed E-state index contributed by atoms with van der Waals surface area (Å²) in [5.74, 6) is 1.96. The number of aliphatic hydroxyl groups is 1. The van der Waals surface area contributed by atoms with Crippen molar-refractivity contribution in [3.63, 3.8) is 0 Å². The standard InChI is InChI=1S/C15H24O2/c1-9(2)11-5-6-15(4,17)13-8-14(16)10(3)7-12(11)13/h7,9,11-13,17H,5-6,8H2,1-4H3/t11-,12-,13-,15-/m1/s1. The molecule has 0 aromatic rings. The molecule has 0 radical (unpaired) electrons. The first-order valence-corrected chi connectivity index (χ1v) is 6.77. The van der Waals surface area contributed by atoms with Gasteiger partial charge in [-0.05, 0) is 50.0 Å². The highest BCUT2D eigenvalue weighted by molar-refractivity contribution is 5.95. The van der Waals surface area contributed by atoms with Crippen LogP contribution >= 0.6 is 0 Å². The van der Waals surface area contributed by atoms with E-state index in [0.717, 1.165) is 18.4 Å². The molecule has 0 bridgehead atoms. The van der Waals surface area contributed by atoms with Crippen molar-refractivity contribution >= 4 is 5.78 Å². The molecule has 96 valence electrons. The number of Topliss-reactive ketones (excluding diaryl/α,β-unsaturated/α-hetero) is 1. The van der Waals surface area contributed by atoms with Gasteiger partial charge in [-0.15, -0.1) is 0 Å². The number of hydrogen-bond acceptors (Lipinski definition) is 2. The molecule has 0 heterocycles. The average Bonchev–Trinajstić information content (AvgIpc) is 2.20. The lowest BCUT2D eigenvalue weighted by molar-refractivity contribution is -0.126. The van der Waals surface area contributed by atoms with Crippen molar-refractivity contribution in [3.05, 3.63) is 11.6 Å². The fraction of sp³-hybridized carbons (Fsp3) is 0.800. The summed E-state index contributed by atoms with van der Waals surface area (Å²) in [6, 6.07) is 0. The summed E-state index contributed by atoms with van der Waals surface area (Å²) in [5, 5.41) is 10.5. The molecule has 2 aliphatic rings. The summed E-state index contributed by atoms with van der Waals surface area (Å²) >= 11 is 0. The Morgan fingerprint density at radius 1 is 1.47 bits per heavy atom. The second-order valence-corrected chi connectivity index (χ2v) is 6.46. The summed E-state index contributed by atoms with van der Waals surface area (Å²) in [7, 11) is 0. The molecule has 2 heteroatoms. The van der Waals surface area contributed by atoms with Crippen LogP contribution in [0.3, 0.4) is 0 Å². The number of ketones is 1. The van der Waals surface area contributed by atoms with E-state index in [4.69, 9.17) is 0 Å². The third kappa shape index (κ3) is 2.20. The van der Waals surface area contributed by atoms with Gasteiger partial charge in [0.25, 0.3) is 0 Å². The van der Waals surface area contributed by atoms with Crippen molar-refractivity contribution in [1.82, 2.24) is 0 Å². The van der Waals surface area contributed by atoms with E-state index in [-0.39, 0.29) is 11.7 Å². The van der Waals surface area contributed by atoms with Gasteiger partial charge >= 0.3 is 0 Å². The SMILES string of the molecule is CC1=C[C@@H]2[C@@H](C(C)C)CC[C@@](C)(O)[C@@H]2CC1=O. The van der Waals surface area contributed by atoms with Gasteiger partial charge in [0.15, 0.2) is 5.78 Å². The molecular formula is C15H24O2. The Morgan fingerprint density at radius 2 is 2.12 bits per heavy atom. The minimum absolute atomic E-state index is 0.125. The van der Waals surface area contributed by atoms with E-state index in [1.807, 2.05) is 13.8 Å². The lowest BCUT2D eigenvalue weighted by Gasteiger charge is -2.49. The molecule has 0 spiro atoms. The minimum Gasteiger partial charge on any atom is -0.390 e. The van der Waals surface area contributed by atoms with Gasteiger partial charge in [0, 0.05) is 12.3 Å². The highest BCUT2D eigenvalue weighted by Crippen LogP contribution is 2.48. The predicted molar refractivity (Wildman–Crippen MR) is 68.5 cm³/mol. The lowest BCUT2D eigenvalue weighted by atomic mass is 9.58. The number of carbonyl (C=O) groups excluding carboxylic acids is 1. The van der Waals surface area contributed by atoms with Gasteiger partial charge in [0.05, 0.1) is 5.60 Å². The minimum atomic E-state index is -0.664. The van der Waals surface area contributed by atoms with E-state index in [0.29, 0.717) is 24.2 Å². The van der Waals surface area contributed by atoms with E-state index < -0.39 is 5.60 Å². The van der Waals surface area contributed by atoms with Gasteiger partial charge in [0.1, 0.15) is 0 Å². The lowest BCUT2D eigenvalue weighted by Crippen LogP contribution is -2.49. The normalized spacial score (nSPS) is 42.4. The Labute approximate surface area is 104 Å². The Bertz CT molecular complexity index is 352. The largest absolute Gasteiger partial charge is 0.390 e. The van der Waals surface area contributed by atoms with Crippen LogP contribution in [-0.2, 0) is 4.79 Å². The van der Waals surface area contributed by atoms with Gasteiger partial charge in [-0.2, -0.15) is 0 Å². The maximum Gasteiger partial charge on any atom is 0.158 e. The molecular weight excluding hydrogens is 212 g/mol. The number of carbonyl (C=O) groups is 1. The number of rotatable bonds is 1. The first-order valence-electron chi connectivity index (χ1n) is 6.77. The van der Waals surface area contributed by atoms with Gasteiger partial charge < -0.3 is 5.11 Å². The summed E-state index contributed by atoms with van der Waals surface area (Å²) in [6.45, 7) is 8.32. The highest BCUT2D eigenvalue weighted by Gasteiger charge is 2.47. The van der Waals surface area contributed by atoms with Crippen LogP contribution in [0.25, 0.3) is 0 Å². The third-order valence-corrected chi connectivity index (χ3v) is 4.89. The Morgan fingerprint density at radius 3 is 2.71 bits per heavy atom. The molecule has 2 nitrogen and oxygen atoms in total. The molecule has 0 aromatic heterocycles. The van der Waals surface area contributed by atoms with Crippen LogP contribution in [-0.4, -0.2) is 16.5 Å². The van der Waals surface area contributed by atoms with Gasteiger partial charge in [-0.25, -0.2) is 0 Å². The van der Waals surface area contributed by atoms with Crippen molar-refractivity contribution in [2.45, 2.75) is 52.6 Å². The quantitative estimate of drug-likeness (QED) is 0.760. The zero-order chi connectivity index (χ0) is 12.8. The molecule has 2 rings (SSSR count). The summed E-state index contributed by atoms with van der Waals surface area (Å²) in [4.78, 5) is 11.8. The molecule has 0 saturated heterocycles. The zero-order valence-electron chi connectivity index (χ0n) is 11.4. The molecule has 17 heavy (non-hydrogen) atoms. The molecule has 0 unspecified atom stereocenters. The van der Waals surface area contributed by atoms with Crippen molar-refractivity contribution < 1.29 is 9.90 Å². The Balaban J connectivity index is 2.35. The number of allylic oxidation sites excluding steroid dienone is 2. The first-order chi connectivity index (χ1) is 7.83. The topological polar surface area (TPSA) is 37.3 Å². The molecule has 4 atom stereocenters. The number of hydrogen-bond donors (Lipinski definition) is 1. The van der Waals surface area contributed by atoms with E-state index in [1.165, 1.54) is 0 Å². The van der Waals surface area contributed by atoms with E-state index in [1.54, 1.807) is 0 Å². The molecule has 2 aliphatic carbocycles.